The van der Waals surface area contributed by atoms with Crippen LogP contribution in [0.2, 0.25) is 5.02 Å². The van der Waals surface area contributed by atoms with Gasteiger partial charge in [0.2, 0.25) is 0 Å². The van der Waals surface area contributed by atoms with Crippen molar-refractivity contribution in [3.05, 3.63) is 34.2 Å². The van der Waals surface area contributed by atoms with Crippen LogP contribution < -0.4 is 15.8 Å². The first-order valence-corrected chi connectivity index (χ1v) is 6.50. The predicted molar refractivity (Wildman–Crippen MR) is 75.3 cm³/mol. The summed E-state index contributed by atoms with van der Waals surface area (Å²) < 4.78 is 1.18. The molecule has 0 amide bonds. The molecule has 8 heteroatoms. The normalized spacial score (nSPS) is 18.9. The van der Waals surface area contributed by atoms with Crippen LogP contribution in [-0.4, -0.2) is 46.5 Å². The highest BCUT2D eigenvalue weighted by molar-refractivity contribution is 6.33. The molecule has 1 atom stereocenters. The molecular weight excluding hydrogens is 284 g/mol. The van der Waals surface area contributed by atoms with Crippen molar-refractivity contribution in [2.75, 3.05) is 24.5 Å². The second kappa shape index (κ2) is 6.06. The number of rotatable bonds is 4. The third-order valence-corrected chi connectivity index (χ3v) is 3.46. The number of anilines is 1. The maximum atomic E-state index is 12.0. The number of nitrogens with one attached hydrogen (secondary N) is 1. The molecule has 0 spiro atoms. The quantitative estimate of drug-likeness (QED) is 0.758. The summed E-state index contributed by atoms with van der Waals surface area (Å²) in [5.41, 5.74) is -0.0994. The average molecular weight is 299 g/mol. The SMILES string of the molecule is C=CCn1ncc(N2CCNCC2C(=O)O)c(Cl)c1=O. The molecule has 0 aliphatic carbocycles. The minimum absolute atomic E-state index is 0.0185. The minimum atomic E-state index is -0.969. The largest absolute Gasteiger partial charge is 0.480 e. The third kappa shape index (κ3) is 2.68. The topological polar surface area (TPSA) is 87.5 Å². The molecule has 1 aromatic heterocycles. The fraction of sp³-hybridized carbons (Fsp3) is 0.417. The van der Waals surface area contributed by atoms with Crippen molar-refractivity contribution in [2.45, 2.75) is 12.6 Å². The van der Waals surface area contributed by atoms with Gasteiger partial charge in [0.05, 0.1) is 18.4 Å². The summed E-state index contributed by atoms with van der Waals surface area (Å²) in [6, 6.07) is -0.766. The number of carbonyl (C=O) groups is 1. The number of hydrogen-bond acceptors (Lipinski definition) is 5. The maximum Gasteiger partial charge on any atom is 0.327 e. The van der Waals surface area contributed by atoms with Crippen molar-refractivity contribution in [1.82, 2.24) is 15.1 Å². The van der Waals surface area contributed by atoms with E-state index in [-0.39, 0.29) is 11.6 Å². The highest BCUT2D eigenvalue weighted by Crippen LogP contribution is 2.24. The van der Waals surface area contributed by atoms with Crippen LogP contribution in [0.4, 0.5) is 5.69 Å². The summed E-state index contributed by atoms with van der Waals surface area (Å²) in [6.07, 6.45) is 2.96. The van der Waals surface area contributed by atoms with Gasteiger partial charge in [-0.05, 0) is 0 Å². The van der Waals surface area contributed by atoms with E-state index in [1.807, 2.05) is 0 Å². The first-order valence-electron chi connectivity index (χ1n) is 6.13. The van der Waals surface area contributed by atoms with E-state index >= 15 is 0 Å². The van der Waals surface area contributed by atoms with E-state index in [9.17, 15) is 14.7 Å². The zero-order valence-corrected chi connectivity index (χ0v) is 11.5. The lowest BCUT2D eigenvalue weighted by atomic mass is 10.2. The van der Waals surface area contributed by atoms with Crippen molar-refractivity contribution in [1.29, 1.82) is 0 Å². The monoisotopic (exact) mass is 298 g/mol. The number of halogens is 1. The van der Waals surface area contributed by atoms with E-state index < -0.39 is 17.6 Å². The lowest BCUT2D eigenvalue weighted by molar-refractivity contribution is -0.138. The molecule has 0 aromatic carbocycles. The van der Waals surface area contributed by atoms with Gasteiger partial charge in [-0.2, -0.15) is 5.10 Å². The zero-order chi connectivity index (χ0) is 14.7. The average Bonchev–Trinajstić information content (AvgIpc) is 2.44. The van der Waals surface area contributed by atoms with Gasteiger partial charge in [-0.15, -0.1) is 6.58 Å². The zero-order valence-electron chi connectivity index (χ0n) is 10.8. The summed E-state index contributed by atoms with van der Waals surface area (Å²) in [5, 5.41) is 16.2. The molecule has 2 rings (SSSR count). The molecule has 1 aliphatic rings. The van der Waals surface area contributed by atoms with Gasteiger partial charge in [0.15, 0.2) is 0 Å². The summed E-state index contributed by atoms with van der Waals surface area (Å²) in [5.74, 6) is -0.969. The van der Waals surface area contributed by atoms with Gasteiger partial charge in [-0.3, -0.25) is 4.79 Å². The third-order valence-electron chi connectivity index (χ3n) is 3.11. The molecule has 2 heterocycles. The molecule has 1 saturated heterocycles. The smallest absolute Gasteiger partial charge is 0.327 e. The maximum absolute atomic E-state index is 12.0. The van der Waals surface area contributed by atoms with Crippen LogP contribution in [0.1, 0.15) is 0 Å². The summed E-state index contributed by atoms with van der Waals surface area (Å²) >= 11 is 6.07. The molecule has 1 unspecified atom stereocenters. The number of carboxylic acid groups (broad SMARTS) is 1. The molecule has 0 bridgehead atoms. The minimum Gasteiger partial charge on any atom is -0.480 e. The predicted octanol–water partition coefficient (Wildman–Crippen LogP) is -0.0545. The van der Waals surface area contributed by atoms with Crippen LogP contribution in [0.3, 0.4) is 0 Å². The van der Waals surface area contributed by atoms with Gasteiger partial charge in [-0.25, -0.2) is 9.48 Å². The van der Waals surface area contributed by atoms with Crippen molar-refractivity contribution < 1.29 is 9.90 Å². The van der Waals surface area contributed by atoms with E-state index in [2.05, 4.69) is 17.0 Å². The van der Waals surface area contributed by atoms with Crippen LogP contribution in [0.25, 0.3) is 0 Å². The standard InChI is InChI=1S/C12H15ClN4O3/c1-2-4-17-11(18)10(13)8(7-15-17)16-5-3-14-6-9(16)12(19)20/h2,7,9,14H,1,3-6H2,(H,19,20). The van der Waals surface area contributed by atoms with Crippen molar-refractivity contribution in [3.8, 4) is 0 Å². The highest BCUT2D eigenvalue weighted by atomic mass is 35.5. The Labute approximate surface area is 120 Å². The number of aliphatic carboxylic acids is 1. The molecular formula is C12H15ClN4O3. The van der Waals surface area contributed by atoms with Gasteiger partial charge in [0, 0.05) is 19.6 Å². The molecule has 0 radical (unpaired) electrons. The number of allylic oxidation sites excluding steroid dienone is 1. The van der Waals surface area contributed by atoms with E-state index in [0.29, 0.717) is 25.3 Å². The van der Waals surface area contributed by atoms with Crippen LogP contribution in [0.15, 0.2) is 23.6 Å². The number of aromatic nitrogens is 2. The summed E-state index contributed by atoms with van der Waals surface area (Å²) in [7, 11) is 0. The number of hydrogen-bond donors (Lipinski definition) is 2. The van der Waals surface area contributed by atoms with Gasteiger partial charge < -0.3 is 15.3 Å². The molecule has 108 valence electrons. The van der Waals surface area contributed by atoms with Crippen molar-refractivity contribution >= 4 is 23.3 Å². The Kier molecular flexibility index (Phi) is 4.41. The Morgan fingerprint density at radius 2 is 2.45 bits per heavy atom. The number of piperazine rings is 1. The molecule has 7 nitrogen and oxygen atoms in total. The first-order chi connectivity index (χ1) is 9.56. The summed E-state index contributed by atoms with van der Waals surface area (Å²) in [6.45, 7) is 5.15. The first kappa shape index (κ1) is 14.5. The number of carboxylic acids is 1. The van der Waals surface area contributed by atoms with Crippen molar-refractivity contribution in [3.63, 3.8) is 0 Å². The van der Waals surface area contributed by atoms with Crippen LogP contribution in [-0.2, 0) is 11.3 Å². The van der Waals surface area contributed by atoms with E-state index in [1.165, 1.54) is 17.0 Å². The Morgan fingerprint density at radius 3 is 3.10 bits per heavy atom. The fourth-order valence-corrected chi connectivity index (χ4v) is 2.38. The molecule has 1 aromatic rings. The molecule has 2 N–H and O–H groups in total. The Morgan fingerprint density at radius 1 is 1.70 bits per heavy atom. The summed E-state index contributed by atoms with van der Waals surface area (Å²) in [4.78, 5) is 24.9. The van der Waals surface area contributed by atoms with Gasteiger partial charge in [-0.1, -0.05) is 17.7 Å². The Hall–Kier alpha value is -1.86. The number of nitrogens with zero attached hydrogens (tertiary/aromatic N) is 3. The van der Waals surface area contributed by atoms with Gasteiger partial charge >= 0.3 is 5.97 Å². The van der Waals surface area contributed by atoms with Crippen molar-refractivity contribution in [2.24, 2.45) is 0 Å². The second-order valence-electron chi connectivity index (χ2n) is 4.37. The second-order valence-corrected chi connectivity index (χ2v) is 4.75. The molecule has 1 aliphatic heterocycles. The highest BCUT2D eigenvalue weighted by Gasteiger charge is 2.30. The lowest BCUT2D eigenvalue weighted by Gasteiger charge is -2.35. The molecule has 0 saturated carbocycles. The van der Waals surface area contributed by atoms with Crippen LogP contribution in [0.5, 0.6) is 0 Å². The van der Waals surface area contributed by atoms with Gasteiger partial charge in [0.1, 0.15) is 11.1 Å². The molecule has 1 fully saturated rings. The van der Waals surface area contributed by atoms with Gasteiger partial charge in [0.25, 0.3) is 5.56 Å². The van der Waals surface area contributed by atoms with E-state index in [1.54, 1.807) is 4.90 Å². The van der Waals surface area contributed by atoms with Crippen LogP contribution in [0, 0.1) is 0 Å². The Balaban J connectivity index is 2.41. The van der Waals surface area contributed by atoms with E-state index in [4.69, 9.17) is 11.6 Å². The fourth-order valence-electron chi connectivity index (χ4n) is 2.12. The lowest BCUT2D eigenvalue weighted by Crippen LogP contribution is -2.55. The van der Waals surface area contributed by atoms with E-state index in [0.717, 1.165) is 0 Å². The van der Waals surface area contributed by atoms with Crippen LogP contribution >= 0.6 is 11.6 Å². The Bertz CT molecular complexity index is 587. The molecule has 20 heavy (non-hydrogen) atoms.